The second-order valence-corrected chi connectivity index (χ2v) is 7.86. The topological polar surface area (TPSA) is 50.8 Å². The quantitative estimate of drug-likeness (QED) is 0.744. The van der Waals surface area contributed by atoms with E-state index in [1.807, 2.05) is 6.07 Å². The molecule has 4 rings (SSSR count). The number of hydrogen-bond donors (Lipinski definition) is 1. The Kier molecular flexibility index (Phi) is 5.95. The number of ether oxygens (including phenoxy) is 2. The molecule has 0 aliphatic carbocycles. The molecule has 1 amide bonds. The molecule has 2 aliphatic heterocycles. The van der Waals surface area contributed by atoms with Gasteiger partial charge in [-0.15, -0.1) is 0 Å². The lowest BCUT2D eigenvalue weighted by atomic mass is 10.0. The summed E-state index contributed by atoms with van der Waals surface area (Å²) in [5.74, 6) is 1.54. The molecule has 0 radical (unpaired) electrons. The summed E-state index contributed by atoms with van der Waals surface area (Å²) in [6.45, 7) is 2.83. The van der Waals surface area contributed by atoms with Gasteiger partial charge in [0.25, 0.3) is 0 Å². The number of amides is 1. The van der Waals surface area contributed by atoms with Gasteiger partial charge in [-0.2, -0.15) is 0 Å². The number of rotatable bonds is 5. The Balaban J connectivity index is 1.38. The van der Waals surface area contributed by atoms with Crippen LogP contribution in [-0.4, -0.2) is 37.1 Å². The van der Waals surface area contributed by atoms with Gasteiger partial charge in [0.2, 0.25) is 5.91 Å². The number of carbonyl (C=O) groups is 1. The highest BCUT2D eigenvalue weighted by Crippen LogP contribution is 2.38. The van der Waals surface area contributed by atoms with E-state index in [1.165, 1.54) is 5.56 Å². The lowest BCUT2D eigenvalue weighted by molar-refractivity contribution is -0.116. The van der Waals surface area contributed by atoms with Crippen LogP contribution < -0.4 is 14.8 Å². The van der Waals surface area contributed by atoms with Crippen molar-refractivity contribution >= 4 is 34.8 Å². The zero-order valence-corrected chi connectivity index (χ0v) is 16.9. The zero-order valence-electron chi connectivity index (χ0n) is 15.4. The maximum atomic E-state index is 12.4. The molecule has 0 saturated carbocycles. The van der Waals surface area contributed by atoms with Gasteiger partial charge in [0, 0.05) is 24.0 Å². The minimum absolute atomic E-state index is 0.0722. The molecule has 148 valence electrons. The van der Waals surface area contributed by atoms with Gasteiger partial charge in [-0.3, -0.25) is 9.69 Å². The lowest BCUT2D eigenvalue weighted by Crippen LogP contribution is -2.28. The summed E-state index contributed by atoms with van der Waals surface area (Å²) in [6.07, 6.45) is 2.58. The van der Waals surface area contributed by atoms with Crippen LogP contribution in [0.4, 0.5) is 5.69 Å². The molecule has 2 aliphatic rings. The van der Waals surface area contributed by atoms with Gasteiger partial charge < -0.3 is 14.8 Å². The fraction of sp³-hybridized carbons (Fsp3) is 0.381. The first-order valence-electron chi connectivity index (χ1n) is 9.48. The number of halogens is 2. The monoisotopic (exact) mass is 420 g/mol. The van der Waals surface area contributed by atoms with Crippen LogP contribution in [0.3, 0.4) is 0 Å². The third-order valence-electron chi connectivity index (χ3n) is 5.14. The Labute approximate surface area is 174 Å². The minimum Gasteiger partial charge on any atom is -0.486 e. The molecule has 5 nitrogen and oxygen atoms in total. The molecule has 1 unspecified atom stereocenters. The summed E-state index contributed by atoms with van der Waals surface area (Å²) < 4.78 is 11.3. The Morgan fingerprint density at radius 3 is 2.79 bits per heavy atom. The molecule has 1 saturated heterocycles. The van der Waals surface area contributed by atoms with Crippen molar-refractivity contribution in [2.24, 2.45) is 0 Å². The molecule has 2 aromatic carbocycles. The number of hydrogen-bond acceptors (Lipinski definition) is 4. The maximum absolute atomic E-state index is 12.4. The van der Waals surface area contributed by atoms with Crippen molar-refractivity contribution in [3.63, 3.8) is 0 Å². The third kappa shape index (κ3) is 4.37. The zero-order chi connectivity index (χ0) is 19.5. The normalized spacial score (nSPS) is 18.9. The van der Waals surface area contributed by atoms with Gasteiger partial charge in [0.05, 0.1) is 10.7 Å². The van der Waals surface area contributed by atoms with Crippen LogP contribution in [0.2, 0.25) is 10.0 Å². The van der Waals surface area contributed by atoms with E-state index in [0.29, 0.717) is 48.0 Å². The fourth-order valence-electron chi connectivity index (χ4n) is 3.79. The average molecular weight is 421 g/mol. The van der Waals surface area contributed by atoms with Gasteiger partial charge >= 0.3 is 0 Å². The predicted molar refractivity (Wildman–Crippen MR) is 111 cm³/mol. The molecular weight excluding hydrogens is 399 g/mol. The Bertz CT molecular complexity index is 875. The van der Waals surface area contributed by atoms with Gasteiger partial charge in [0.1, 0.15) is 13.2 Å². The Morgan fingerprint density at radius 2 is 1.93 bits per heavy atom. The van der Waals surface area contributed by atoms with Crippen molar-refractivity contribution < 1.29 is 14.3 Å². The molecule has 0 aromatic heterocycles. The van der Waals surface area contributed by atoms with Crippen LogP contribution in [0.15, 0.2) is 36.4 Å². The molecule has 7 heteroatoms. The van der Waals surface area contributed by atoms with Gasteiger partial charge in [-0.25, -0.2) is 0 Å². The van der Waals surface area contributed by atoms with Crippen LogP contribution in [0.5, 0.6) is 11.5 Å². The molecule has 2 heterocycles. The third-order valence-corrected chi connectivity index (χ3v) is 5.71. The molecule has 0 spiro atoms. The largest absolute Gasteiger partial charge is 0.486 e. The summed E-state index contributed by atoms with van der Waals surface area (Å²) in [4.78, 5) is 14.7. The van der Waals surface area contributed by atoms with Crippen molar-refractivity contribution in [1.82, 2.24) is 4.90 Å². The second kappa shape index (κ2) is 8.60. The summed E-state index contributed by atoms with van der Waals surface area (Å²) in [5.41, 5.74) is 1.75. The van der Waals surface area contributed by atoms with E-state index < -0.39 is 0 Å². The highest BCUT2D eigenvalue weighted by molar-refractivity contribution is 6.35. The summed E-state index contributed by atoms with van der Waals surface area (Å²) in [6, 6.07) is 11.5. The number of fused-ring (bicyclic) bond motifs is 1. The molecule has 28 heavy (non-hydrogen) atoms. The van der Waals surface area contributed by atoms with E-state index in [0.717, 1.165) is 30.9 Å². The molecule has 0 bridgehead atoms. The van der Waals surface area contributed by atoms with E-state index in [4.69, 9.17) is 32.7 Å². The average Bonchev–Trinajstić information content (AvgIpc) is 3.17. The van der Waals surface area contributed by atoms with E-state index >= 15 is 0 Å². The number of carbonyl (C=O) groups excluding carboxylic acids is 1. The van der Waals surface area contributed by atoms with Crippen molar-refractivity contribution in [3.05, 3.63) is 52.0 Å². The van der Waals surface area contributed by atoms with Crippen molar-refractivity contribution in [3.8, 4) is 11.5 Å². The Hall–Kier alpha value is -1.95. The minimum atomic E-state index is -0.0722. The van der Waals surface area contributed by atoms with E-state index in [-0.39, 0.29) is 5.91 Å². The summed E-state index contributed by atoms with van der Waals surface area (Å²) in [7, 11) is 0. The summed E-state index contributed by atoms with van der Waals surface area (Å²) in [5, 5.41) is 3.87. The summed E-state index contributed by atoms with van der Waals surface area (Å²) >= 11 is 12.1. The van der Waals surface area contributed by atoms with E-state index in [1.54, 1.807) is 18.2 Å². The van der Waals surface area contributed by atoms with Crippen molar-refractivity contribution in [2.45, 2.75) is 25.3 Å². The van der Waals surface area contributed by atoms with E-state index in [2.05, 4.69) is 22.3 Å². The number of anilines is 1. The SMILES string of the molecule is O=C(CCN1CCCC1c1ccc2c(c1)OCCO2)Nc1cc(Cl)ccc1Cl. The first kappa shape index (κ1) is 19.4. The smallest absolute Gasteiger partial charge is 0.225 e. The molecule has 2 aromatic rings. The standard InChI is InChI=1S/C21H22Cl2N2O3/c22-15-4-5-16(23)17(13-15)24-21(26)7-9-25-8-1-2-18(25)14-3-6-19-20(12-14)28-11-10-27-19/h3-6,12-13,18H,1-2,7-11H2,(H,24,26). The molecular formula is C21H22Cl2N2O3. The van der Waals surface area contributed by atoms with E-state index in [9.17, 15) is 4.79 Å². The lowest BCUT2D eigenvalue weighted by Gasteiger charge is -2.26. The highest BCUT2D eigenvalue weighted by atomic mass is 35.5. The van der Waals surface area contributed by atoms with Gasteiger partial charge in [-0.05, 0) is 55.3 Å². The Morgan fingerprint density at radius 1 is 1.11 bits per heavy atom. The molecule has 1 N–H and O–H groups in total. The van der Waals surface area contributed by atoms with Gasteiger partial charge in [0.15, 0.2) is 11.5 Å². The number of nitrogens with one attached hydrogen (secondary N) is 1. The molecule has 1 atom stereocenters. The van der Waals surface area contributed by atoms with Crippen molar-refractivity contribution in [1.29, 1.82) is 0 Å². The highest BCUT2D eigenvalue weighted by Gasteiger charge is 2.27. The van der Waals surface area contributed by atoms with Gasteiger partial charge in [-0.1, -0.05) is 29.3 Å². The van der Waals surface area contributed by atoms with Crippen LogP contribution in [-0.2, 0) is 4.79 Å². The van der Waals surface area contributed by atoms with Crippen LogP contribution in [0, 0.1) is 0 Å². The number of nitrogens with zero attached hydrogens (tertiary/aromatic N) is 1. The van der Waals surface area contributed by atoms with Crippen LogP contribution >= 0.6 is 23.2 Å². The maximum Gasteiger partial charge on any atom is 0.225 e. The molecule has 1 fully saturated rings. The first-order chi connectivity index (χ1) is 13.6. The predicted octanol–water partition coefficient (Wildman–Crippen LogP) is 4.93. The number of benzene rings is 2. The first-order valence-corrected chi connectivity index (χ1v) is 10.2. The van der Waals surface area contributed by atoms with Crippen molar-refractivity contribution in [2.75, 3.05) is 31.6 Å². The van der Waals surface area contributed by atoms with Crippen LogP contribution in [0.1, 0.15) is 30.9 Å². The number of likely N-dealkylation sites (tertiary alicyclic amines) is 1. The fourth-order valence-corrected chi connectivity index (χ4v) is 4.13. The second-order valence-electron chi connectivity index (χ2n) is 7.02. The van der Waals surface area contributed by atoms with Crippen LogP contribution in [0.25, 0.3) is 0 Å².